The van der Waals surface area contributed by atoms with E-state index in [1.165, 1.54) is 18.6 Å². The second-order valence-corrected chi connectivity index (χ2v) is 5.36. The highest BCUT2D eigenvalue weighted by Gasteiger charge is 2.23. The van der Waals surface area contributed by atoms with Crippen LogP contribution in [-0.4, -0.2) is 29.8 Å². The fraction of sp³-hybridized carbons (Fsp3) is 0.294. The maximum Gasteiger partial charge on any atom is 0.291 e. The zero-order valence-electron chi connectivity index (χ0n) is 12.7. The molecule has 23 heavy (non-hydrogen) atoms. The summed E-state index contributed by atoms with van der Waals surface area (Å²) in [6, 6.07) is 6.62. The Bertz CT molecular complexity index is 680. The summed E-state index contributed by atoms with van der Waals surface area (Å²) in [5, 5.41) is 2.63. The van der Waals surface area contributed by atoms with Crippen molar-refractivity contribution in [2.45, 2.75) is 19.3 Å². The standard InChI is InChI=1S/C17H18N2O4/c20-16(15-7-5-11-23-15)18-14(12-13-6-4-10-22-13)17(21)19-8-2-1-3-9-19/h4-7,10-12H,1-3,8-9H2,(H,18,20)/b14-12-. The molecular formula is C17H18N2O4. The number of furan rings is 2. The average Bonchev–Trinajstić information content (AvgIpc) is 3.28. The second kappa shape index (κ2) is 7.00. The Morgan fingerprint density at radius 1 is 1.04 bits per heavy atom. The number of rotatable bonds is 4. The minimum absolute atomic E-state index is 0.154. The Morgan fingerprint density at radius 3 is 2.43 bits per heavy atom. The number of hydrogen-bond donors (Lipinski definition) is 1. The van der Waals surface area contributed by atoms with Gasteiger partial charge in [0.05, 0.1) is 12.5 Å². The smallest absolute Gasteiger partial charge is 0.291 e. The van der Waals surface area contributed by atoms with Gasteiger partial charge in [0.1, 0.15) is 11.5 Å². The van der Waals surface area contributed by atoms with Crippen LogP contribution >= 0.6 is 0 Å². The van der Waals surface area contributed by atoms with Gasteiger partial charge in [0.25, 0.3) is 11.8 Å². The van der Waals surface area contributed by atoms with Gasteiger partial charge in [-0.1, -0.05) is 0 Å². The van der Waals surface area contributed by atoms with E-state index in [2.05, 4.69) is 5.32 Å². The Hall–Kier alpha value is -2.76. The molecule has 2 amide bonds. The number of hydrogen-bond acceptors (Lipinski definition) is 4. The Labute approximate surface area is 133 Å². The molecule has 0 aromatic carbocycles. The van der Waals surface area contributed by atoms with E-state index >= 15 is 0 Å². The molecule has 1 aliphatic heterocycles. The third-order valence-electron chi connectivity index (χ3n) is 3.70. The van der Waals surface area contributed by atoms with Crippen LogP contribution in [0.3, 0.4) is 0 Å². The van der Waals surface area contributed by atoms with Crippen molar-refractivity contribution in [2.24, 2.45) is 0 Å². The SMILES string of the molecule is O=C(N/C(=C\c1ccco1)C(=O)N1CCCCC1)c1ccco1. The molecule has 0 radical (unpaired) electrons. The summed E-state index contributed by atoms with van der Waals surface area (Å²) in [5.41, 5.74) is 0.184. The highest BCUT2D eigenvalue weighted by Crippen LogP contribution is 2.14. The summed E-state index contributed by atoms with van der Waals surface area (Å²) >= 11 is 0. The summed E-state index contributed by atoms with van der Waals surface area (Å²) in [7, 11) is 0. The van der Waals surface area contributed by atoms with E-state index in [-0.39, 0.29) is 17.4 Å². The highest BCUT2D eigenvalue weighted by molar-refractivity contribution is 6.04. The molecule has 120 valence electrons. The lowest BCUT2D eigenvalue weighted by molar-refractivity contribution is -0.128. The van der Waals surface area contributed by atoms with Crippen LogP contribution in [0.1, 0.15) is 35.6 Å². The van der Waals surface area contributed by atoms with Gasteiger partial charge in [-0.2, -0.15) is 0 Å². The monoisotopic (exact) mass is 314 g/mol. The van der Waals surface area contributed by atoms with Gasteiger partial charge < -0.3 is 19.1 Å². The first-order valence-corrected chi connectivity index (χ1v) is 7.63. The number of carbonyl (C=O) groups is 2. The van der Waals surface area contributed by atoms with Crippen LogP contribution in [0.5, 0.6) is 0 Å². The van der Waals surface area contributed by atoms with E-state index in [0.717, 1.165) is 19.3 Å². The number of likely N-dealkylation sites (tertiary alicyclic amines) is 1. The molecule has 1 fully saturated rings. The Balaban J connectivity index is 1.81. The molecule has 3 heterocycles. The quantitative estimate of drug-likeness (QED) is 0.880. The average molecular weight is 314 g/mol. The van der Waals surface area contributed by atoms with Crippen LogP contribution in [0, 0.1) is 0 Å². The predicted octanol–water partition coefficient (Wildman–Crippen LogP) is 2.66. The predicted molar refractivity (Wildman–Crippen MR) is 83.3 cm³/mol. The normalized spacial score (nSPS) is 15.5. The molecule has 2 aromatic heterocycles. The minimum Gasteiger partial charge on any atom is -0.465 e. The maximum atomic E-state index is 12.7. The van der Waals surface area contributed by atoms with E-state index in [0.29, 0.717) is 18.8 Å². The van der Waals surface area contributed by atoms with Crippen LogP contribution in [0.2, 0.25) is 0 Å². The Kier molecular flexibility index (Phi) is 4.61. The molecule has 1 aliphatic rings. The van der Waals surface area contributed by atoms with E-state index in [9.17, 15) is 9.59 Å². The van der Waals surface area contributed by atoms with Crippen molar-refractivity contribution in [3.05, 3.63) is 54.0 Å². The zero-order chi connectivity index (χ0) is 16.1. The number of piperidine rings is 1. The first-order valence-electron chi connectivity index (χ1n) is 7.63. The van der Waals surface area contributed by atoms with E-state index in [1.54, 1.807) is 29.2 Å². The van der Waals surface area contributed by atoms with Gasteiger partial charge in [-0.05, 0) is 43.5 Å². The van der Waals surface area contributed by atoms with E-state index in [1.807, 2.05) is 0 Å². The number of nitrogens with one attached hydrogen (secondary N) is 1. The molecular weight excluding hydrogens is 296 g/mol. The molecule has 3 rings (SSSR count). The minimum atomic E-state index is -0.460. The lowest BCUT2D eigenvalue weighted by Gasteiger charge is -2.27. The topological polar surface area (TPSA) is 75.7 Å². The van der Waals surface area contributed by atoms with Crippen LogP contribution in [0.25, 0.3) is 6.08 Å². The van der Waals surface area contributed by atoms with Crippen LogP contribution in [0.4, 0.5) is 0 Å². The highest BCUT2D eigenvalue weighted by atomic mass is 16.3. The van der Waals surface area contributed by atoms with Crippen molar-refractivity contribution in [1.29, 1.82) is 0 Å². The molecule has 1 saturated heterocycles. The molecule has 0 spiro atoms. The molecule has 6 nitrogen and oxygen atoms in total. The van der Waals surface area contributed by atoms with Gasteiger partial charge in [0, 0.05) is 19.2 Å². The zero-order valence-corrected chi connectivity index (χ0v) is 12.7. The van der Waals surface area contributed by atoms with E-state index < -0.39 is 5.91 Å². The molecule has 0 unspecified atom stereocenters. The first kappa shape index (κ1) is 15.1. The molecule has 0 atom stereocenters. The van der Waals surface area contributed by atoms with Gasteiger partial charge in [-0.3, -0.25) is 9.59 Å². The molecule has 6 heteroatoms. The van der Waals surface area contributed by atoms with Crippen LogP contribution in [0.15, 0.2) is 51.3 Å². The molecule has 0 aliphatic carbocycles. The fourth-order valence-electron chi connectivity index (χ4n) is 2.53. The lowest BCUT2D eigenvalue weighted by Crippen LogP contribution is -2.41. The van der Waals surface area contributed by atoms with Crippen molar-refractivity contribution < 1.29 is 18.4 Å². The fourth-order valence-corrected chi connectivity index (χ4v) is 2.53. The van der Waals surface area contributed by atoms with Crippen molar-refractivity contribution in [3.63, 3.8) is 0 Å². The van der Waals surface area contributed by atoms with Gasteiger partial charge in [0.2, 0.25) is 0 Å². The molecule has 0 saturated carbocycles. The van der Waals surface area contributed by atoms with Gasteiger partial charge in [-0.15, -0.1) is 0 Å². The Morgan fingerprint density at radius 2 is 1.78 bits per heavy atom. The van der Waals surface area contributed by atoms with Gasteiger partial charge in [0.15, 0.2) is 5.76 Å². The maximum absolute atomic E-state index is 12.7. The molecule has 0 bridgehead atoms. The van der Waals surface area contributed by atoms with E-state index in [4.69, 9.17) is 8.83 Å². The third-order valence-corrected chi connectivity index (χ3v) is 3.70. The largest absolute Gasteiger partial charge is 0.465 e. The van der Waals surface area contributed by atoms with Gasteiger partial charge in [-0.25, -0.2) is 0 Å². The van der Waals surface area contributed by atoms with Crippen molar-refractivity contribution >= 4 is 17.9 Å². The summed E-state index contributed by atoms with van der Waals surface area (Å²) in [4.78, 5) is 26.6. The lowest BCUT2D eigenvalue weighted by atomic mass is 10.1. The first-order chi connectivity index (χ1) is 11.2. The summed E-state index contributed by atoms with van der Waals surface area (Å²) in [5.74, 6) is -0.00827. The summed E-state index contributed by atoms with van der Waals surface area (Å²) in [6.07, 6.45) is 7.55. The summed E-state index contributed by atoms with van der Waals surface area (Å²) in [6.45, 7) is 1.40. The number of carbonyl (C=O) groups excluding carboxylic acids is 2. The van der Waals surface area contributed by atoms with Gasteiger partial charge >= 0.3 is 0 Å². The number of amides is 2. The third kappa shape index (κ3) is 3.71. The van der Waals surface area contributed by atoms with Crippen LogP contribution in [-0.2, 0) is 4.79 Å². The van der Waals surface area contributed by atoms with Crippen molar-refractivity contribution in [2.75, 3.05) is 13.1 Å². The van der Waals surface area contributed by atoms with Crippen LogP contribution < -0.4 is 5.32 Å². The molecule has 2 aromatic rings. The molecule has 1 N–H and O–H groups in total. The second-order valence-electron chi connectivity index (χ2n) is 5.36. The van der Waals surface area contributed by atoms with Crippen molar-refractivity contribution in [1.82, 2.24) is 10.2 Å². The number of nitrogens with zero attached hydrogens (tertiary/aromatic N) is 1. The summed E-state index contributed by atoms with van der Waals surface area (Å²) < 4.78 is 10.3. The van der Waals surface area contributed by atoms with Crippen molar-refractivity contribution in [3.8, 4) is 0 Å².